The van der Waals surface area contributed by atoms with E-state index in [9.17, 15) is 4.79 Å². The average molecular weight is 205 g/mol. The van der Waals surface area contributed by atoms with Gasteiger partial charge in [-0.05, 0) is 13.8 Å². The van der Waals surface area contributed by atoms with E-state index in [1.54, 1.807) is 12.3 Å². The van der Waals surface area contributed by atoms with Crippen molar-refractivity contribution in [3.63, 3.8) is 0 Å². The zero-order valence-corrected chi connectivity index (χ0v) is 9.24. The van der Waals surface area contributed by atoms with E-state index in [1.165, 1.54) is 0 Å². The lowest BCUT2D eigenvalue weighted by Crippen LogP contribution is -2.08. The highest BCUT2D eigenvalue weighted by Crippen LogP contribution is 2.19. The minimum atomic E-state index is -0.0769. The van der Waals surface area contributed by atoms with Gasteiger partial charge in [-0.15, -0.1) is 0 Å². The summed E-state index contributed by atoms with van der Waals surface area (Å²) in [5, 5.41) is 0. The lowest BCUT2D eigenvalue weighted by molar-refractivity contribution is 0.588. The first-order valence-electron chi connectivity index (χ1n) is 5.23. The van der Waals surface area contributed by atoms with Gasteiger partial charge in [0.15, 0.2) is 0 Å². The Morgan fingerprint density at radius 3 is 2.87 bits per heavy atom. The lowest BCUT2D eigenvalue weighted by atomic mass is 10.3. The Morgan fingerprint density at radius 2 is 2.27 bits per heavy atom. The molecule has 15 heavy (non-hydrogen) atoms. The summed E-state index contributed by atoms with van der Waals surface area (Å²) in [4.78, 5) is 18.4. The molecule has 2 aromatic heterocycles. The van der Waals surface area contributed by atoms with Crippen molar-refractivity contribution in [3.8, 4) is 0 Å². The summed E-state index contributed by atoms with van der Waals surface area (Å²) >= 11 is 0. The van der Waals surface area contributed by atoms with E-state index in [1.807, 2.05) is 0 Å². The van der Waals surface area contributed by atoms with Crippen LogP contribution in [-0.2, 0) is 6.42 Å². The maximum absolute atomic E-state index is 11.3. The van der Waals surface area contributed by atoms with Crippen molar-refractivity contribution >= 4 is 11.0 Å². The molecule has 0 aliphatic carbocycles. The van der Waals surface area contributed by atoms with E-state index < -0.39 is 0 Å². The first-order valence-corrected chi connectivity index (χ1v) is 5.23. The molecule has 0 aliphatic rings. The highest BCUT2D eigenvalue weighted by molar-refractivity contribution is 5.74. The number of aryl methyl sites for hydroxylation is 1. The molecule has 0 aliphatic heterocycles. The van der Waals surface area contributed by atoms with Gasteiger partial charge in [-0.25, -0.2) is 4.98 Å². The zero-order chi connectivity index (χ0) is 11.0. The second kappa shape index (κ2) is 3.53. The molecular formula is C11H15N3O. The molecule has 0 saturated heterocycles. The van der Waals surface area contributed by atoms with Crippen molar-refractivity contribution in [2.45, 2.75) is 33.2 Å². The van der Waals surface area contributed by atoms with Crippen LogP contribution in [0, 0.1) is 0 Å². The Morgan fingerprint density at radius 1 is 1.53 bits per heavy atom. The number of imidazole rings is 1. The summed E-state index contributed by atoms with van der Waals surface area (Å²) < 4.78 is 2.12. The van der Waals surface area contributed by atoms with Gasteiger partial charge in [0, 0.05) is 24.7 Å². The topological polar surface area (TPSA) is 50.7 Å². The van der Waals surface area contributed by atoms with Crippen LogP contribution >= 0.6 is 0 Å². The Balaban J connectivity index is 2.82. The number of nitrogens with one attached hydrogen (secondary N) is 1. The van der Waals surface area contributed by atoms with Crippen molar-refractivity contribution in [1.82, 2.24) is 14.5 Å². The quantitative estimate of drug-likeness (QED) is 0.813. The van der Waals surface area contributed by atoms with E-state index in [-0.39, 0.29) is 5.56 Å². The second-order valence-corrected chi connectivity index (χ2v) is 3.91. The number of aromatic nitrogens is 3. The molecule has 0 unspecified atom stereocenters. The summed E-state index contributed by atoms with van der Waals surface area (Å²) in [6.07, 6.45) is 2.55. The molecule has 2 heterocycles. The van der Waals surface area contributed by atoms with Crippen LogP contribution in [0.3, 0.4) is 0 Å². The Bertz CT molecular complexity index is 536. The van der Waals surface area contributed by atoms with Gasteiger partial charge < -0.3 is 9.55 Å². The first kappa shape index (κ1) is 9.96. The molecule has 0 aromatic carbocycles. The van der Waals surface area contributed by atoms with E-state index in [0.717, 1.165) is 23.3 Å². The Labute approximate surface area is 88.0 Å². The van der Waals surface area contributed by atoms with Crippen LogP contribution in [-0.4, -0.2) is 14.5 Å². The largest absolute Gasteiger partial charge is 0.327 e. The molecule has 2 aromatic rings. The minimum Gasteiger partial charge on any atom is -0.327 e. The number of aromatic amines is 1. The van der Waals surface area contributed by atoms with Crippen LogP contribution in [0.2, 0.25) is 0 Å². The van der Waals surface area contributed by atoms with Crippen molar-refractivity contribution in [2.24, 2.45) is 0 Å². The maximum Gasteiger partial charge on any atom is 0.250 e. The molecule has 2 rings (SSSR count). The standard InChI is InChI=1S/C11H15N3O/c1-4-10-13-8-6-12-11(15)5-9(8)14(10)7(2)3/h5-7H,4H2,1-3H3,(H,12,15). The van der Waals surface area contributed by atoms with Gasteiger partial charge in [0.2, 0.25) is 5.56 Å². The maximum atomic E-state index is 11.3. The SMILES string of the molecule is CCc1nc2c[nH]c(=O)cc2n1C(C)C. The molecule has 1 N–H and O–H groups in total. The number of nitrogens with zero attached hydrogens (tertiary/aromatic N) is 2. The molecule has 80 valence electrons. The third-order valence-corrected chi connectivity index (χ3v) is 2.50. The molecule has 0 radical (unpaired) electrons. The van der Waals surface area contributed by atoms with Gasteiger partial charge in [-0.2, -0.15) is 0 Å². The van der Waals surface area contributed by atoms with E-state index in [2.05, 4.69) is 35.3 Å². The predicted octanol–water partition coefficient (Wildman–Crippen LogP) is 1.87. The Hall–Kier alpha value is -1.58. The fourth-order valence-electron chi connectivity index (χ4n) is 1.89. The van der Waals surface area contributed by atoms with Gasteiger partial charge in [0.25, 0.3) is 0 Å². The van der Waals surface area contributed by atoms with Crippen molar-refractivity contribution in [1.29, 1.82) is 0 Å². The smallest absolute Gasteiger partial charge is 0.250 e. The van der Waals surface area contributed by atoms with Gasteiger partial charge in [0.05, 0.1) is 5.52 Å². The highest BCUT2D eigenvalue weighted by Gasteiger charge is 2.11. The van der Waals surface area contributed by atoms with Gasteiger partial charge in [-0.1, -0.05) is 6.92 Å². The van der Waals surface area contributed by atoms with Crippen molar-refractivity contribution < 1.29 is 0 Å². The number of hydrogen-bond donors (Lipinski definition) is 1. The normalized spacial score (nSPS) is 11.5. The number of fused-ring (bicyclic) bond motifs is 1. The molecule has 4 heteroatoms. The molecular weight excluding hydrogens is 190 g/mol. The van der Waals surface area contributed by atoms with E-state index in [0.29, 0.717) is 6.04 Å². The predicted molar refractivity (Wildman–Crippen MR) is 60.1 cm³/mol. The summed E-state index contributed by atoms with van der Waals surface area (Å²) in [6, 6.07) is 1.94. The molecule has 0 spiro atoms. The lowest BCUT2D eigenvalue weighted by Gasteiger charge is -2.11. The van der Waals surface area contributed by atoms with Crippen molar-refractivity contribution in [2.75, 3.05) is 0 Å². The third-order valence-electron chi connectivity index (χ3n) is 2.50. The molecule has 0 bridgehead atoms. The fourth-order valence-corrected chi connectivity index (χ4v) is 1.89. The third kappa shape index (κ3) is 1.56. The van der Waals surface area contributed by atoms with Crippen LogP contribution in [0.5, 0.6) is 0 Å². The minimum absolute atomic E-state index is 0.0769. The van der Waals surface area contributed by atoms with Gasteiger partial charge in [-0.3, -0.25) is 4.79 Å². The summed E-state index contributed by atoms with van der Waals surface area (Å²) in [6.45, 7) is 6.27. The van der Waals surface area contributed by atoms with E-state index >= 15 is 0 Å². The number of pyridine rings is 1. The summed E-state index contributed by atoms with van der Waals surface area (Å²) in [5.74, 6) is 1.03. The molecule has 0 amide bonds. The average Bonchev–Trinajstić information content (AvgIpc) is 2.55. The van der Waals surface area contributed by atoms with E-state index in [4.69, 9.17) is 0 Å². The number of rotatable bonds is 2. The number of hydrogen-bond acceptors (Lipinski definition) is 2. The molecule has 4 nitrogen and oxygen atoms in total. The second-order valence-electron chi connectivity index (χ2n) is 3.91. The summed E-state index contributed by atoms with van der Waals surface area (Å²) in [5.41, 5.74) is 1.71. The molecule has 0 atom stereocenters. The van der Waals surface area contributed by atoms with Crippen LogP contribution in [0.15, 0.2) is 17.1 Å². The van der Waals surface area contributed by atoms with Crippen LogP contribution < -0.4 is 5.56 Å². The van der Waals surface area contributed by atoms with Crippen LogP contribution in [0.25, 0.3) is 11.0 Å². The van der Waals surface area contributed by atoms with Crippen LogP contribution in [0.1, 0.15) is 32.6 Å². The molecule has 0 saturated carbocycles. The van der Waals surface area contributed by atoms with Crippen LogP contribution in [0.4, 0.5) is 0 Å². The van der Waals surface area contributed by atoms with Gasteiger partial charge in [0.1, 0.15) is 11.3 Å². The zero-order valence-electron chi connectivity index (χ0n) is 9.24. The van der Waals surface area contributed by atoms with Gasteiger partial charge >= 0.3 is 0 Å². The number of H-pyrrole nitrogens is 1. The molecule has 0 fully saturated rings. The Kier molecular flexibility index (Phi) is 2.34. The fraction of sp³-hybridized carbons (Fsp3) is 0.455. The monoisotopic (exact) mass is 205 g/mol. The first-order chi connectivity index (χ1) is 7.13. The summed E-state index contributed by atoms with van der Waals surface area (Å²) in [7, 11) is 0. The van der Waals surface area contributed by atoms with Crippen molar-refractivity contribution in [3.05, 3.63) is 28.4 Å². The highest BCUT2D eigenvalue weighted by atomic mass is 16.1.